The number of aromatic nitrogens is 2. The summed E-state index contributed by atoms with van der Waals surface area (Å²) >= 11 is 0. The summed E-state index contributed by atoms with van der Waals surface area (Å²) in [7, 11) is 0. The van der Waals surface area contributed by atoms with Crippen LogP contribution >= 0.6 is 0 Å². The molecule has 9 heteroatoms. The molecule has 1 aromatic carbocycles. The highest BCUT2D eigenvalue weighted by atomic mass is 16.5. The Balaban J connectivity index is 2.02. The molecule has 0 bridgehead atoms. The highest BCUT2D eigenvalue weighted by Gasteiger charge is 2.29. The van der Waals surface area contributed by atoms with Crippen LogP contribution in [0.2, 0.25) is 0 Å². The van der Waals surface area contributed by atoms with E-state index in [0.717, 1.165) is 5.56 Å². The van der Waals surface area contributed by atoms with Crippen molar-refractivity contribution in [2.24, 2.45) is 5.92 Å². The quantitative estimate of drug-likeness (QED) is 0.514. The summed E-state index contributed by atoms with van der Waals surface area (Å²) in [5.41, 5.74) is 1.41. The van der Waals surface area contributed by atoms with Crippen LogP contribution in [0.1, 0.15) is 25.1 Å². The third kappa shape index (κ3) is 6.42. The number of rotatable bonds is 9. The predicted octanol–water partition coefficient (Wildman–Crippen LogP) is 1.47. The number of benzene rings is 1. The molecular weight excluding hydrogens is 364 g/mol. The zero-order valence-corrected chi connectivity index (χ0v) is 15.7. The van der Waals surface area contributed by atoms with Crippen molar-refractivity contribution in [3.05, 3.63) is 54.1 Å². The summed E-state index contributed by atoms with van der Waals surface area (Å²) < 4.78 is 5.16. The van der Waals surface area contributed by atoms with E-state index in [1.807, 2.05) is 30.3 Å². The number of imidazole rings is 1. The second kappa shape index (κ2) is 10.1. The van der Waals surface area contributed by atoms with Crippen LogP contribution in [-0.4, -0.2) is 45.1 Å². The molecule has 2 rings (SSSR count). The Kier molecular flexibility index (Phi) is 7.55. The van der Waals surface area contributed by atoms with Crippen molar-refractivity contribution >= 4 is 18.0 Å². The number of carboxylic acid groups (broad SMARTS) is 1. The summed E-state index contributed by atoms with van der Waals surface area (Å²) in [5, 5.41) is 14.2. The number of aromatic amines is 1. The zero-order valence-electron chi connectivity index (χ0n) is 15.7. The lowest BCUT2D eigenvalue weighted by atomic mass is 10.0. The molecule has 0 spiro atoms. The molecule has 4 N–H and O–H groups in total. The van der Waals surface area contributed by atoms with Crippen molar-refractivity contribution in [1.29, 1.82) is 0 Å². The van der Waals surface area contributed by atoms with Gasteiger partial charge in [-0.25, -0.2) is 14.6 Å². The van der Waals surface area contributed by atoms with Gasteiger partial charge < -0.3 is 25.5 Å². The van der Waals surface area contributed by atoms with Crippen LogP contribution in [0.15, 0.2) is 42.9 Å². The highest BCUT2D eigenvalue weighted by Crippen LogP contribution is 2.06. The molecule has 2 aromatic rings. The van der Waals surface area contributed by atoms with E-state index in [-0.39, 0.29) is 18.9 Å². The van der Waals surface area contributed by atoms with E-state index in [1.54, 1.807) is 13.8 Å². The van der Waals surface area contributed by atoms with E-state index in [4.69, 9.17) is 4.74 Å². The van der Waals surface area contributed by atoms with E-state index >= 15 is 0 Å². The zero-order chi connectivity index (χ0) is 20.5. The summed E-state index contributed by atoms with van der Waals surface area (Å²) in [6, 6.07) is 7.02. The first-order chi connectivity index (χ1) is 13.4. The topological polar surface area (TPSA) is 133 Å². The van der Waals surface area contributed by atoms with Crippen LogP contribution in [0.25, 0.3) is 0 Å². The molecule has 0 saturated carbocycles. The number of carboxylic acids is 1. The average molecular weight is 388 g/mol. The summed E-state index contributed by atoms with van der Waals surface area (Å²) in [6.07, 6.45) is 2.30. The van der Waals surface area contributed by atoms with Crippen LogP contribution in [0.3, 0.4) is 0 Å². The van der Waals surface area contributed by atoms with E-state index < -0.39 is 30.1 Å². The highest BCUT2D eigenvalue weighted by molar-refractivity contribution is 5.89. The normalized spacial score (nSPS) is 12.8. The van der Waals surface area contributed by atoms with Gasteiger partial charge in [0.25, 0.3) is 0 Å². The third-order valence-electron chi connectivity index (χ3n) is 4.03. The second-order valence-electron chi connectivity index (χ2n) is 6.61. The van der Waals surface area contributed by atoms with Gasteiger partial charge in [0.15, 0.2) is 0 Å². The van der Waals surface area contributed by atoms with Crippen molar-refractivity contribution in [2.45, 2.75) is 39.0 Å². The van der Waals surface area contributed by atoms with Gasteiger partial charge in [-0.3, -0.25) is 4.79 Å². The fraction of sp³-hybridized carbons (Fsp3) is 0.368. The van der Waals surface area contributed by atoms with E-state index in [9.17, 15) is 19.5 Å². The number of amides is 2. The summed E-state index contributed by atoms with van der Waals surface area (Å²) in [4.78, 5) is 42.9. The first-order valence-electron chi connectivity index (χ1n) is 8.84. The van der Waals surface area contributed by atoms with Gasteiger partial charge in [-0.05, 0) is 11.5 Å². The van der Waals surface area contributed by atoms with Gasteiger partial charge in [-0.2, -0.15) is 0 Å². The van der Waals surface area contributed by atoms with Gasteiger partial charge in [0.05, 0.1) is 6.33 Å². The summed E-state index contributed by atoms with van der Waals surface area (Å²) in [6.45, 7) is 3.42. The fourth-order valence-electron chi connectivity index (χ4n) is 2.50. The lowest BCUT2D eigenvalue weighted by Gasteiger charge is -2.22. The van der Waals surface area contributed by atoms with Crippen LogP contribution < -0.4 is 10.6 Å². The van der Waals surface area contributed by atoms with Gasteiger partial charge in [0.1, 0.15) is 18.7 Å². The standard InChI is InChI=1S/C19H24N4O5/c1-12(2)16(18(25)26)23-17(24)15(8-14-9-20-11-21-14)22-19(27)28-10-13-6-4-3-5-7-13/h3-7,9,11-12,15-16H,8,10H2,1-2H3,(H,20,21)(H,22,27)(H,23,24)(H,25,26)/t15-,16+/m1/s1. The molecule has 0 fully saturated rings. The minimum atomic E-state index is -1.14. The lowest BCUT2D eigenvalue weighted by Crippen LogP contribution is -2.54. The van der Waals surface area contributed by atoms with Gasteiger partial charge in [0, 0.05) is 18.3 Å². The second-order valence-corrected chi connectivity index (χ2v) is 6.61. The molecule has 0 unspecified atom stereocenters. The van der Waals surface area contributed by atoms with E-state index in [2.05, 4.69) is 20.6 Å². The Bertz CT molecular complexity index is 777. The molecule has 1 heterocycles. The Labute approximate surface area is 162 Å². The number of alkyl carbamates (subject to hydrolysis) is 1. The van der Waals surface area contributed by atoms with Gasteiger partial charge >= 0.3 is 12.1 Å². The van der Waals surface area contributed by atoms with Crippen molar-refractivity contribution in [1.82, 2.24) is 20.6 Å². The van der Waals surface area contributed by atoms with Crippen LogP contribution in [0.4, 0.5) is 4.79 Å². The molecule has 0 radical (unpaired) electrons. The predicted molar refractivity (Wildman–Crippen MR) is 100 cm³/mol. The number of carbonyl (C=O) groups excluding carboxylic acids is 2. The van der Waals surface area contributed by atoms with Gasteiger partial charge in [-0.15, -0.1) is 0 Å². The van der Waals surface area contributed by atoms with Crippen molar-refractivity contribution in [2.75, 3.05) is 0 Å². The molecule has 0 aliphatic rings. The number of hydrogen-bond acceptors (Lipinski definition) is 5. The van der Waals surface area contributed by atoms with Gasteiger partial charge in [-0.1, -0.05) is 44.2 Å². The molecule has 0 aliphatic carbocycles. The fourth-order valence-corrected chi connectivity index (χ4v) is 2.50. The van der Waals surface area contributed by atoms with E-state index in [1.165, 1.54) is 12.5 Å². The number of hydrogen-bond donors (Lipinski definition) is 4. The minimum Gasteiger partial charge on any atom is -0.480 e. The summed E-state index contributed by atoms with van der Waals surface area (Å²) in [5.74, 6) is -2.08. The molecule has 0 aliphatic heterocycles. The minimum absolute atomic E-state index is 0.0504. The van der Waals surface area contributed by atoms with Crippen LogP contribution in [-0.2, 0) is 27.4 Å². The number of ether oxygens (including phenoxy) is 1. The largest absolute Gasteiger partial charge is 0.480 e. The Morgan fingerprint density at radius 1 is 1.18 bits per heavy atom. The van der Waals surface area contributed by atoms with Crippen LogP contribution in [0.5, 0.6) is 0 Å². The number of aliphatic carboxylic acids is 1. The lowest BCUT2D eigenvalue weighted by molar-refractivity contribution is -0.143. The van der Waals surface area contributed by atoms with Gasteiger partial charge in [0.2, 0.25) is 5.91 Å². The molecule has 9 nitrogen and oxygen atoms in total. The first kappa shape index (κ1) is 20.9. The van der Waals surface area contributed by atoms with Crippen molar-refractivity contribution in [3.63, 3.8) is 0 Å². The first-order valence-corrected chi connectivity index (χ1v) is 8.84. The Morgan fingerprint density at radius 2 is 1.89 bits per heavy atom. The molecular formula is C19H24N4O5. The van der Waals surface area contributed by atoms with E-state index in [0.29, 0.717) is 5.69 Å². The molecule has 150 valence electrons. The molecule has 0 saturated heterocycles. The average Bonchev–Trinajstić information content (AvgIpc) is 3.17. The number of H-pyrrole nitrogens is 1. The number of nitrogens with zero attached hydrogens (tertiary/aromatic N) is 1. The Hall–Kier alpha value is -3.36. The molecule has 28 heavy (non-hydrogen) atoms. The number of carbonyl (C=O) groups is 3. The maximum Gasteiger partial charge on any atom is 0.408 e. The molecule has 1 aromatic heterocycles. The maximum atomic E-state index is 12.6. The van der Waals surface area contributed by atoms with Crippen molar-refractivity contribution in [3.8, 4) is 0 Å². The Morgan fingerprint density at radius 3 is 2.46 bits per heavy atom. The van der Waals surface area contributed by atoms with Crippen molar-refractivity contribution < 1.29 is 24.2 Å². The third-order valence-corrected chi connectivity index (χ3v) is 4.03. The maximum absolute atomic E-state index is 12.6. The SMILES string of the molecule is CC(C)[C@H](NC(=O)[C@@H](Cc1cnc[nH]1)NC(=O)OCc1ccccc1)C(=O)O. The monoisotopic (exact) mass is 388 g/mol. The molecule has 2 amide bonds. The smallest absolute Gasteiger partial charge is 0.408 e. The van der Waals surface area contributed by atoms with Crippen LogP contribution in [0, 0.1) is 5.92 Å². The molecule has 2 atom stereocenters. The number of nitrogens with one attached hydrogen (secondary N) is 3.